The maximum atomic E-state index is 11.2. The molecule has 0 amide bonds. The summed E-state index contributed by atoms with van der Waals surface area (Å²) < 4.78 is 68.2. The third-order valence-electron chi connectivity index (χ3n) is 12.4. The van der Waals surface area contributed by atoms with Crippen molar-refractivity contribution in [1.82, 2.24) is 0 Å². The SMILES string of the molecule is OCC1OC2[CH-]C(O)C1OC1OC(CO)C(OC3OC(CO)C(OC4OC(CO)C(OC5OC(CO)C(OC6OC(CO)C(O2)C(O)C6O)C(O)C5O)C(O)C4O)C(O)C3O)C(O)C1O.[Na].[Y]. The van der Waals surface area contributed by atoms with Crippen molar-refractivity contribution < 1.29 is 176 Å². The molecule has 0 aromatic heterocycles. The van der Waals surface area contributed by atoms with E-state index in [1.54, 1.807) is 0 Å². The molecule has 22 rings (SSSR count). The first-order valence-electron chi connectivity index (χ1n) is 20.8. The standard InChI is InChI=1S/C36H59O29.Na.Y/c37-2-9-26-8(43)1-15(54-9)60-27-10(3-38)55-33(21(49)16(27)44)62-29-12(5-40)57-35(23(51)18(29)46)64-31-14(7-42)59-36(25(53)20(31)48)65-30-13(6-41)58-34(24(52)19(30)47)63-28-11(4-39)56-32(61-26)22(50)17(28)45;;/h1,8-53H,2-7H2;;/q-1;;. The van der Waals surface area contributed by atoms with Gasteiger partial charge in [-0.2, -0.15) is 0 Å². The normalized spacial score (nSPS) is 53.2. The van der Waals surface area contributed by atoms with Gasteiger partial charge in [-0.1, -0.05) is 0 Å². The van der Waals surface area contributed by atoms with E-state index in [0.29, 0.717) is 0 Å². The van der Waals surface area contributed by atoms with Gasteiger partial charge in [-0.3, -0.25) is 0 Å². The molecule has 22 fully saturated rings. The zero-order valence-electron chi connectivity index (χ0n) is 35.6. The smallest absolute Gasteiger partial charge is 0.187 e. The van der Waals surface area contributed by atoms with Gasteiger partial charge in [0.05, 0.1) is 45.7 Å². The number of ether oxygens (including phenoxy) is 12. The first-order valence-corrected chi connectivity index (χ1v) is 20.8. The van der Waals surface area contributed by atoms with Gasteiger partial charge in [-0.05, 0) is 6.10 Å². The van der Waals surface area contributed by atoms with Gasteiger partial charge in [0, 0.05) is 68.6 Å². The van der Waals surface area contributed by atoms with Crippen LogP contribution in [0, 0.1) is 6.42 Å². The molecule has 67 heavy (non-hydrogen) atoms. The fourth-order valence-corrected chi connectivity index (χ4v) is 8.77. The molecule has 0 spiro atoms. The summed E-state index contributed by atoms with van der Waals surface area (Å²) in [5.41, 5.74) is 0. The number of hydrogen-bond acceptors (Lipinski definition) is 29. The Kier molecular flexibility index (Phi) is 22.3. The van der Waals surface area contributed by atoms with Crippen molar-refractivity contribution in [3.05, 3.63) is 6.42 Å². The van der Waals surface area contributed by atoms with Crippen LogP contribution in [-0.2, 0) is 89.6 Å². The van der Waals surface area contributed by atoms with Crippen molar-refractivity contribution in [2.24, 2.45) is 0 Å². The van der Waals surface area contributed by atoms with Gasteiger partial charge in [-0.15, -0.1) is 0 Å². The van der Waals surface area contributed by atoms with Crippen LogP contribution in [0.3, 0.4) is 0 Å². The van der Waals surface area contributed by atoms with Gasteiger partial charge >= 0.3 is 0 Å². The quantitative estimate of drug-likeness (QED) is 0.0867. The van der Waals surface area contributed by atoms with Gasteiger partial charge in [0.2, 0.25) is 0 Å². The van der Waals surface area contributed by atoms with Gasteiger partial charge in [0.15, 0.2) is 31.5 Å². The van der Waals surface area contributed by atoms with Crippen LogP contribution in [0.4, 0.5) is 0 Å². The molecule has 0 saturated carbocycles. The second-order valence-electron chi connectivity index (χ2n) is 16.5. The van der Waals surface area contributed by atoms with Crippen LogP contribution in [0.15, 0.2) is 0 Å². The van der Waals surface area contributed by atoms with Crippen molar-refractivity contribution in [2.45, 2.75) is 178 Å². The summed E-state index contributed by atoms with van der Waals surface area (Å²) in [6.45, 7) is -5.72. The van der Waals surface area contributed by atoms with Crippen LogP contribution in [0.2, 0.25) is 0 Å². The predicted molar refractivity (Wildman–Crippen MR) is 200 cm³/mol. The fraction of sp³-hybridized carbons (Fsp3) is 0.972. The van der Waals surface area contributed by atoms with E-state index in [0.717, 1.165) is 6.42 Å². The van der Waals surface area contributed by atoms with Gasteiger partial charge in [-0.25, -0.2) is 6.42 Å². The first kappa shape index (κ1) is 58.8. The Hall–Kier alpha value is 0.944. The summed E-state index contributed by atoms with van der Waals surface area (Å²) in [4.78, 5) is 0. The molecule has 31 heteroatoms. The molecule has 0 aromatic rings. The van der Waals surface area contributed by atoms with E-state index < -0.39 is 218 Å². The van der Waals surface area contributed by atoms with Crippen molar-refractivity contribution in [3.63, 3.8) is 0 Å². The number of rotatable bonds is 6. The third-order valence-corrected chi connectivity index (χ3v) is 12.4. The molecule has 22 heterocycles. The molecule has 29 nitrogen and oxygen atoms in total. The van der Waals surface area contributed by atoms with Crippen molar-refractivity contribution in [2.75, 3.05) is 39.6 Å². The van der Waals surface area contributed by atoms with E-state index in [1.165, 1.54) is 0 Å². The minimum Gasteiger partial charge on any atom is -0.422 e. The van der Waals surface area contributed by atoms with Gasteiger partial charge < -0.3 is 144 Å². The maximum absolute atomic E-state index is 11.2. The monoisotopic (exact) mass is 1070 g/mol. The first-order chi connectivity index (χ1) is 31.0. The molecule has 0 aliphatic carbocycles. The Morgan fingerprint density at radius 3 is 0.716 bits per heavy atom. The minimum atomic E-state index is -2.13. The molecule has 29 atom stereocenters. The van der Waals surface area contributed by atoms with Crippen molar-refractivity contribution in [1.29, 1.82) is 0 Å². The molecule has 2 radical (unpaired) electrons. The third kappa shape index (κ3) is 12.1. The molecule has 29 unspecified atom stereocenters. The summed E-state index contributed by atoms with van der Waals surface area (Å²) in [7, 11) is 0. The molecule has 0 aromatic carbocycles. The molecule has 12 bridgehead atoms. The Morgan fingerprint density at radius 1 is 0.269 bits per heavy atom. The molecule has 382 valence electrons. The largest absolute Gasteiger partial charge is 0.422 e. The van der Waals surface area contributed by atoms with E-state index >= 15 is 0 Å². The summed E-state index contributed by atoms with van der Waals surface area (Å²) in [6.07, 6.45) is -53.1. The molecule has 22 aliphatic rings. The molecule has 22 aliphatic heterocycles. The molecular formula is C36H59NaO29Y-. The van der Waals surface area contributed by atoms with Crippen LogP contribution >= 0.6 is 0 Å². The van der Waals surface area contributed by atoms with Crippen LogP contribution in [0.25, 0.3) is 0 Å². The number of aliphatic hydroxyl groups excluding tert-OH is 17. The Morgan fingerprint density at radius 2 is 0.478 bits per heavy atom. The van der Waals surface area contributed by atoms with Crippen molar-refractivity contribution in [3.8, 4) is 0 Å². The maximum Gasteiger partial charge on any atom is 0.187 e. The fourth-order valence-electron chi connectivity index (χ4n) is 8.77. The predicted octanol–water partition coefficient (Wildman–Crippen LogP) is -12.6. The molecular weight excluding hydrogens is 1010 g/mol. The zero-order chi connectivity index (χ0) is 47.2. The van der Waals surface area contributed by atoms with E-state index in [9.17, 15) is 86.8 Å². The molecule has 17 N–H and O–H groups in total. The average Bonchev–Trinajstić information content (AvgIpc) is 3.30. The second kappa shape index (κ2) is 25.5. The topological polar surface area (TPSA) is 455 Å². The van der Waals surface area contributed by atoms with E-state index in [2.05, 4.69) is 0 Å². The van der Waals surface area contributed by atoms with Crippen LogP contribution in [-0.4, -0.2) is 334 Å². The van der Waals surface area contributed by atoms with Gasteiger partial charge in [0.1, 0.15) is 128 Å². The Labute approximate surface area is 427 Å². The summed E-state index contributed by atoms with van der Waals surface area (Å²) in [5.74, 6) is 0. The zero-order valence-corrected chi connectivity index (χ0v) is 40.5. The van der Waals surface area contributed by atoms with E-state index in [1.807, 2.05) is 0 Å². The van der Waals surface area contributed by atoms with Crippen LogP contribution in [0.5, 0.6) is 0 Å². The second-order valence-corrected chi connectivity index (χ2v) is 16.5. The van der Waals surface area contributed by atoms with Gasteiger partial charge in [0.25, 0.3) is 0 Å². The summed E-state index contributed by atoms with van der Waals surface area (Å²) >= 11 is 0. The van der Waals surface area contributed by atoms with E-state index in [-0.39, 0.29) is 62.3 Å². The average molecular weight is 1070 g/mol. The Balaban J connectivity index is 0.00000420. The van der Waals surface area contributed by atoms with Crippen LogP contribution < -0.4 is 0 Å². The number of hydrogen-bond donors (Lipinski definition) is 17. The molecule has 22 saturated heterocycles. The number of aliphatic hydroxyl groups is 17. The summed E-state index contributed by atoms with van der Waals surface area (Å²) in [6, 6.07) is 0. The van der Waals surface area contributed by atoms with Crippen molar-refractivity contribution >= 4 is 29.6 Å². The van der Waals surface area contributed by atoms with Crippen LogP contribution in [0.1, 0.15) is 0 Å². The minimum absolute atomic E-state index is 0. The summed E-state index contributed by atoms with van der Waals surface area (Å²) in [5, 5.41) is 184. The Bertz CT molecular complexity index is 1500. The van der Waals surface area contributed by atoms with E-state index in [4.69, 9.17) is 56.8 Å².